The summed E-state index contributed by atoms with van der Waals surface area (Å²) in [6.45, 7) is 5.27. The molecule has 0 spiro atoms. The third-order valence-electron chi connectivity index (χ3n) is 4.24. The molecule has 176 valence electrons. The molecule has 12 heteroatoms. The van der Waals surface area contributed by atoms with E-state index in [1.54, 1.807) is 7.11 Å². The van der Waals surface area contributed by atoms with Gasteiger partial charge in [-0.25, -0.2) is 18.1 Å². The number of ether oxygens (including phenoxy) is 1. The molecule has 0 saturated heterocycles. The minimum Gasteiger partial charge on any atom is -0.496 e. The molecule has 2 rings (SSSR count). The van der Waals surface area contributed by atoms with Gasteiger partial charge in [-0.15, -0.1) is 24.0 Å². The number of halogens is 1. The molecule has 0 aromatic heterocycles. The number of aryl methyl sites for hydroxylation is 1. The summed E-state index contributed by atoms with van der Waals surface area (Å²) in [5.74, 6) is 1.28. The van der Waals surface area contributed by atoms with Gasteiger partial charge in [0.1, 0.15) is 5.75 Å². The molecule has 3 N–H and O–H groups in total. The number of non-ortho nitro benzene ring substituents is 1. The number of nitro groups is 1. The molecule has 0 bridgehead atoms. The second-order valence-corrected chi connectivity index (χ2v) is 8.36. The molecule has 0 fully saturated rings. The lowest BCUT2D eigenvalue weighted by atomic mass is 10.1. The Morgan fingerprint density at radius 3 is 2.56 bits per heavy atom. The number of guanidine groups is 1. The predicted octanol–water partition coefficient (Wildman–Crippen LogP) is 2.56. The quantitative estimate of drug-likeness (QED) is 0.0987. The maximum absolute atomic E-state index is 12.4. The van der Waals surface area contributed by atoms with Crippen molar-refractivity contribution < 1.29 is 18.1 Å². The van der Waals surface area contributed by atoms with E-state index in [1.165, 1.54) is 18.2 Å². The van der Waals surface area contributed by atoms with Gasteiger partial charge >= 0.3 is 0 Å². The van der Waals surface area contributed by atoms with Crippen molar-refractivity contribution in [2.45, 2.75) is 25.3 Å². The molecule has 2 aromatic carbocycles. The van der Waals surface area contributed by atoms with Gasteiger partial charge in [-0.2, -0.15) is 0 Å². The molecule has 32 heavy (non-hydrogen) atoms. The Bertz CT molecular complexity index is 1050. The number of rotatable bonds is 10. The van der Waals surface area contributed by atoms with Crippen molar-refractivity contribution in [3.05, 3.63) is 63.7 Å². The zero-order chi connectivity index (χ0) is 22.9. The van der Waals surface area contributed by atoms with E-state index in [9.17, 15) is 18.5 Å². The highest BCUT2D eigenvalue weighted by Gasteiger charge is 2.17. The number of methoxy groups -OCH3 is 1. The van der Waals surface area contributed by atoms with Crippen LogP contribution in [0.5, 0.6) is 5.75 Å². The number of sulfonamides is 1. The predicted molar refractivity (Wildman–Crippen MR) is 134 cm³/mol. The van der Waals surface area contributed by atoms with Crippen LogP contribution in [0.4, 0.5) is 5.69 Å². The molecule has 0 aliphatic heterocycles. The summed E-state index contributed by atoms with van der Waals surface area (Å²) < 4.78 is 32.5. The first-order chi connectivity index (χ1) is 14.8. The highest BCUT2D eigenvalue weighted by molar-refractivity contribution is 14.0. The Labute approximate surface area is 205 Å². The standard InChI is InChI=1S/C20H27N5O5S.HI/c1-4-21-20(23-14-16-9-8-15(2)12-19(16)30-3)22-10-11-24-31(28,29)18-7-5-6-17(13-18)25(26)27;/h5-9,12-13,24H,4,10-11,14H2,1-3H3,(H2,21,22,23);1H. The monoisotopic (exact) mass is 577 g/mol. The second kappa shape index (κ2) is 13.2. The minimum atomic E-state index is -3.87. The molecule has 0 atom stereocenters. The van der Waals surface area contributed by atoms with E-state index in [0.717, 1.165) is 22.9 Å². The molecular weight excluding hydrogens is 549 g/mol. The van der Waals surface area contributed by atoms with Gasteiger partial charge < -0.3 is 15.4 Å². The maximum Gasteiger partial charge on any atom is 0.270 e. The van der Waals surface area contributed by atoms with Crippen LogP contribution in [0.2, 0.25) is 0 Å². The molecule has 10 nitrogen and oxygen atoms in total. The van der Waals surface area contributed by atoms with Gasteiger partial charge in [-0.05, 0) is 31.5 Å². The van der Waals surface area contributed by atoms with Crippen molar-refractivity contribution in [3.63, 3.8) is 0 Å². The SMILES string of the molecule is CCNC(=NCc1ccc(C)cc1OC)NCCNS(=O)(=O)c1cccc([N+](=O)[O-])c1.I. The number of hydrogen-bond donors (Lipinski definition) is 3. The van der Waals surface area contributed by atoms with Crippen LogP contribution in [0.3, 0.4) is 0 Å². The average Bonchev–Trinajstić information content (AvgIpc) is 2.75. The van der Waals surface area contributed by atoms with Crippen molar-refractivity contribution in [1.29, 1.82) is 0 Å². The van der Waals surface area contributed by atoms with Crippen molar-refractivity contribution in [2.75, 3.05) is 26.7 Å². The summed E-state index contributed by atoms with van der Waals surface area (Å²) in [5.41, 5.74) is 1.73. The van der Waals surface area contributed by atoms with Crippen molar-refractivity contribution in [1.82, 2.24) is 15.4 Å². The third kappa shape index (κ3) is 8.24. The topological polar surface area (TPSA) is 135 Å². The van der Waals surface area contributed by atoms with E-state index < -0.39 is 14.9 Å². The molecule has 0 amide bonds. The summed E-state index contributed by atoms with van der Waals surface area (Å²) >= 11 is 0. The van der Waals surface area contributed by atoms with E-state index in [4.69, 9.17) is 4.74 Å². The molecular formula is C20H28IN5O5S. The van der Waals surface area contributed by atoms with Crippen LogP contribution in [0.15, 0.2) is 52.4 Å². The fraction of sp³-hybridized carbons (Fsp3) is 0.350. The van der Waals surface area contributed by atoms with Crippen LogP contribution in [-0.2, 0) is 16.6 Å². The Balaban J connectivity index is 0.00000512. The first kappa shape index (κ1) is 27.6. The zero-order valence-corrected chi connectivity index (χ0v) is 21.3. The first-order valence-corrected chi connectivity index (χ1v) is 11.1. The summed E-state index contributed by atoms with van der Waals surface area (Å²) in [5, 5.41) is 17.0. The fourth-order valence-electron chi connectivity index (χ4n) is 2.70. The maximum atomic E-state index is 12.4. The summed E-state index contributed by atoms with van der Waals surface area (Å²) in [4.78, 5) is 14.6. The molecule has 0 unspecified atom stereocenters. The van der Waals surface area contributed by atoms with Gasteiger partial charge in [-0.3, -0.25) is 10.1 Å². The smallest absolute Gasteiger partial charge is 0.270 e. The molecule has 0 saturated carbocycles. The number of nitrogens with zero attached hydrogens (tertiary/aromatic N) is 2. The zero-order valence-electron chi connectivity index (χ0n) is 18.1. The Morgan fingerprint density at radius 1 is 1.16 bits per heavy atom. The van der Waals surface area contributed by atoms with Gasteiger partial charge in [0.15, 0.2) is 5.96 Å². The average molecular weight is 577 g/mol. The number of aliphatic imine (C=N–C) groups is 1. The van der Waals surface area contributed by atoms with E-state index in [-0.39, 0.29) is 47.6 Å². The molecule has 0 aliphatic carbocycles. The van der Waals surface area contributed by atoms with Gasteiger partial charge in [0.25, 0.3) is 5.69 Å². The minimum absolute atomic E-state index is 0. The second-order valence-electron chi connectivity index (χ2n) is 6.59. The van der Waals surface area contributed by atoms with E-state index in [2.05, 4.69) is 20.3 Å². The van der Waals surface area contributed by atoms with Crippen molar-refractivity contribution >= 4 is 45.6 Å². The van der Waals surface area contributed by atoms with Gasteiger partial charge in [0.05, 0.1) is 23.5 Å². The van der Waals surface area contributed by atoms with Crippen molar-refractivity contribution in [2.24, 2.45) is 4.99 Å². The highest BCUT2D eigenvalue weighted by Crippen LogP contribution is 2.20. The lowest BCUT2D eigenvalue weighted by Gasteiger charge is -2.13. The molecule has 0 heterocycles. The number of nitro benzene ring substituents is 1. The summed E-state index contributed by atoms with van der Waals surface area (Å²) in [6.07, 6.45) is 0. The van der Waals surface area contributed by atoms with E-state index in [0.29, 0.717) is 19.0 Å². The number of hydrogen-bond acceptors (Lipinski definition) is 6. The Morgan fingerprint density at radius 2 is 1.91 bits per heavy atom. The van der Waals surface area contributed by atoms with Crippen LogP contribution >= 0.6 is 24.0 Å². The normalized spacial score (nSPS) is 11.4. The first-order valence-electron chi connectivity index (χ1n) is 9.66. The fourth-order valence-corrected chi connectivity index (χ4v) is 3.77. The number of nitrogens with one attached hydrogen (secondary N) is 3. The lowest BCUT2D eigenvalue weighted by Crippen LogP contribution is -2.41. The third-order valence-corrected chi connectivity index (χ3v) is 5.70. The van der Waals surface area contributed by atoms with Gasteiger partial charge in [-0.1, -0.05) is 18.2 Å². The van der Waals surface area contributed by atoms with Crippen LogP contribution in [-0.4, -0.2) is 46.0 Å². The van der Waals surface area contributed by atoms with E-state index >= 15 is 0 Å². The van der Waals surface area contributed by atoms with Crippen LogP contribution in [0.25, 0.3) is 0 Å². The lowest BCUT2D eigenvalue weighted by molar-refractivity contribution is -0.385. The Kier molecular flexibility index (Phi) is 11.4. The highest BCUT2D eigenvalue weighted by atomic mass is 127. The summed E-state index contributed by atoms with van der Waals surface area (Å²) in [6, 6.07) is 10.8. The summed E-state index contributed by atoms with van der Waals surface area (Å²) in [7, 11) is -2.26. The molecule has 2 aromatic rings. The van der Waals surface area contributed by atoms with E-state index in [1.807, 2.05) is 32.0 Å². The number of benzene rings is 2. The Hall–Kier alpha value is -2.45. The molecule has 0 radical (unpaired) electrons. The van der Waals surface area contributed by atoms with Crippen LogP contribution in [0, 0.1) is 17.0 Å². The van der Waals surface area contributed by atoms with Crippen LogP contribution in [0.1, 0.15) is 18.1 Å². The van der Waals surface area contributed by atoms with Gasteiger partial charge in [0.2, 0.25) is 10.0 Å². The van der Waals surface area contributed by atoms with Gasteiger partial charge in [0, 0.05) is 37.3 Å². The van der Waals surface area contributed by atoms with Crippen LogP contribution < -0.4 is 20.1 Å². The largest absolute Gasteiger partial charge is 0.496 e. The molecule has 0 aliphatic rings. The van der Waals surface area contributed by atoms with Crippen molar-refractivity contribution in [3.8, 4) is 5.75 Å².